The molecule has 2 aromatic heterocycles. The molecule has 0 atom stereocenters. The standard InChI is InChI=1S/C19H20N6O3/c1-4-16-22-17(28-23-16)12-6-5-7-13(8-12)21-19(27)25-9-14-15(10-25)20-11(2)24(3)18(14)26/h5-8H,4,9-10H2,1-3H3,(H,21,27). The molecule has 0 aliphatic carbocycles. The van der Waals surface area contributed by atoms with Gasteiger partial charge in [-0.2, -0.15) is 4.98 Å². The lowest BCUT2D eigenvalue weighted by molar-refractivity contribution is 0.212. The highest BCUT2D eigenvalue weighted by Crippen LogP contribution is 2.23. The van der Waals surface area contributed by atoms with Gasteiger partial charge in [0.2, 0.25) is 0 Å². The highest BCUT2D eigenvalue weighted by molar-refractivity contribution is 5.90. The lowest BCUT2D eigenvalue weighted by Crippen LogP contribution is -2.31. The number of carbonyl (C=O) groups is 1. The molecule has 144 valence electrons. The first-order valence-electron chi connectivity index (χ1n) is 9.00. The van der Waals surface area contributed by atoms with Crippen LogP contribution < -0.4 is 10.9 Å². The zero-order chi connectivity index (χ0) is 19.8. The Morgan fingerprint density at radius 3 is 2.86 bits per heavy atom. The fourth-order valence-electron chi connectivity index (χ4n) is 3.12. The highest BCUT2D eigenvalue weighted by atomic mass is 16.5. The third-order valence-corrected chi connectivity index (χ3v) is 4.82. The molecule has 0 bridgehead atoms. The number of urea groups is 1. The van der Waals surface area contributed by atoms with E-state index in [-0.39, 0.29) is 18.1 Å². The molecule has 9 heteroatoms. The van der Waals surface area contributed by atoms with Crippen LogP contribution in [0, 0.1) is 6.92 Å². The van der Waals surface area contributed by atoms with E-state index in [1.54, 1.807) is 37.1 Å². The molecular formula is C19H20N6O3. The third-order valence-electron chi connectivity index (χ3n) is 4.82. The highest BCUT2D eigenvalue weighted by Gasteiger charge is 2.28. The number of nitrogens with one attached hydrogen (secondary N) is 1. The first-order chi connectivity index (χ1) is 13.5. The Bertz CT molecular complexity index is 1120. The van der Waals surface area contributed by atoms with Crippen molar-refractivity contribution >= 4 is 11.7 Å². The summed E-state index contributed by atoms with van der Waals surface area (Å²) in [4.78, 5) is 35.4. The number of nitrogens with zero attached hydrogens (tertiary/aromatic N) is 5. The number of rotatable bonds is 3. The maximum atomic E-state index is 12.7. The molecule has 0 radical (unpaired) electrons. The van der Waals surface area contributed by atoms with E-state index in [2.05, 4.69) is 20.4 Å². The van der Waals surface area contributed by atoms with E-state index in [0.717, 1.165) is 5.56 Å². The molecule has 0 spiro atoms. The third kappa shape index (κ3) is 3.15. The molecule has 1 aromatic carbocycles. The molecule has 1 aliphatic heterocycles. The van der Waals surface area contributed by atoms with Crippen LogP contribution in [0.15, 0.2) is 33.6 Å². The largest absolute Gasteiger partial charge is 0.334 e. The molecule has 2 amide bonds. The van der Waals surface area contributed by atoms with Crippen molar-refractivity contribution in [1.82, 2.24) is 24.6 Å². The Morgan fingerprint density at radius 1 is 1.29 bits per heavy atom. The van der Waals surface area contributed by atoms with E-state index in [1.807, 2.05) is 13.0 Å². The van der Waals surface area contributed by atoms with Gasteiger partial charge in [-0.25, -0.2) is 9.78 Å². The average Bonchev–Trinajstić information content (AvgIpc) is 3.33. The van der Waals surface area contributed by atoms with Gasteiger partial charge >= 0.3 is 6.03 Å². The molecule has 3 aromatic rings. The maximum Gasteiger partial charge on any atom is 0.322 e. The molecule has 1 aliphatic rings. The monoisotopic (exact) mass is 380 g/mol. The Labute approximate surface area is 161 Å². The van der Waals surface area contributed by atoms with Crippen LogP contribution in [0.5, 0.6) is 0 Å². The zero-order valence-electron chi connectivity index (χ0n) is 15.9. The first-order valence-corrected chi connectivity index (χ1v) is 9.00. The summed E-state index contributed by atoms with van der Waals surface area (Å²) in [5, 5.41) is 6.75. The van der Waals surface area contributed by atoms with Crippen molar-refractivity contribution in [3.8, 4) is 11.5 Å². The van der Waals surface area contributed by atoms with Crippen molar-refractivity contribution in [1.29, 1.82) is 0 Å². The number of aromatic nitrogens is 4. The predicted octanol–water partition coefficient (Wildman–Crippen LogP) is 2.25. The Hall–Kier alpha value is -3.49. The number of carbonyl (C=O) groups excluding carboxylic acids is 1. The van der Waals surface area contributed by atoms with E-state index >= 15 is 0 Å². The second-order valence-corrected chi connectivity index (χ2v) is 6.68. The molecule has 3 heterocycles. The van der Waals surface area contributed by atoms with Crippen LogP contribution in [0.25, 0.3) is 11.5 Å². The van der Waals surface area contributed by atoms with Crippen LogP contribution in [0.2, 0.25) is 0 Å². The van der Waals surface area contributed by atoms with Crippen molar-refractivity contribution in [2.75, 3.05) is 5.32 Å². The second kappa shape index (κ2) is 6.91. The van der Waals surface area contributed by atoms with E-state index in [1.165, 1.54) is 4.57 Å². The van der Waals surface area contributed by atoms with Gasteiger partial charge < -0.3 is 14.7 Å². The molecule has 28 heavy (non-hydrogen) atoms. The second-order valence-electron chi connectivity index (χ2n) is 6.68. The summed E-state index contributed by atoms with van der Waals surface area (Å²) >= 11 is 0. The van der Waals surface area contributed by atoms with Gasteiger partial charge in [0.25, 0.3) is 11.4 Å². The summed E-state index contributed by atoms with van der Waals surface area (Å²) in [5.41, 5.74) is 2.44. The summed E-state index contributed by atoms with van der Waals surface area (Å²) < 4.78 is 6.75. The van der Waals surface area contributed by atoms with Crippen LogP contribution in [-0.2, 0) is 26.6 Å². The molecule has 0 saturated carbocycles. The number of benzene rings is 1. The normalized spacial score (nSPS) is 12.9. The summed E-state index contributed by atoms with van der Waals surface area (Å²) in [5.74, 6) is 1.66. The maximum absolute atomic E-state index is 12.7. The topological polar surface area (TPSA) is 106 Å². The van der Waals surface area contributed by atoms with Gasteiger partial charge in [0.05, 0.1) is 24.3 Å². The average molecular weight is 380 g/mol. The minimum absolute atomic E-state index is 0.108. The van der Waals surface area contributed by atoms with Gasteiger partial charge in [-0.3, -0.25) is 9.36 Å². The molecular weight excluding hydrogens is 360 g/mol. The number of hydrogen-bond acceptors (Lipinski definition) is 6. The first kappa shape index (κ1) is 17.9. The van der Waals surface area contributed by atoms with Crippen LogP contribution in [0.3, 0.4) is 0 Å². The minimum atomic E-state index is -0.297. The zero-order valence-corrected chi connectivity index (χ0v) is 15.9. The molecule has 0 saturated heterocycles. The van der Waals surface area contributed by atoms with Gasteiger partial charge in [0.15, 0.2) is 5.82 Å². The Balaban J connectivity index is 1.51. The van der Waals surface area contributed by atoms with Gasteiger partial charge in [-0.1, -0.05) is 18.1 Å². The van der Waals surface area contributed by atoms with E-state index in [0.29, 0.717) is 47.4 Å². The molecule has 1 N–H and O–H groups in total. The number of aryl methyl sites for hydroxylation is 2. The Morgan fingerprint density at radius 2 is 2.11 bits per heavy atom. The van der Waals surface area contributed by atoms with Gasteiger partial charge in [-0.05, 0) is 25.1 Å². The van der Waals surface area contributed by atoms with Crippen LogP contribution in [-0.4, -0.2) is 30.6 Å². The van der Waals surface area contributed by atoms with Crippen molar-refractivity contribution in [3.63, 3.8) is 0 Å². The lowest BCUT2D eigenvalue weighted by atomic mass is 10.2. The lowest BCUT2D eigenvalue weighted by Gasteiger charge is -2.16. The Kier molecular flexibility index (Phi) is 4.42. The van der Waals surface area contributed by atoms with Crippen LogP contribution >= 0.6 is 0 Å². The molecule has 4 rings (SSSR count). The minimum Gasteiger partial charge on any atom is -0.334 e. The van der Waals surface area contributed by atoms with E-state index in [9.17, 15) is 9.59 Å². The molecule has 9 nitrogen and oxygen atoms in total. The summed E-state index contributed by atoms with van der Waals surface area (Å²) in [7, 11) is 1.68. The molecule has 0 unspecified atom stereocenters. The van der Waals surface area contributed by atoms with E-state index in [4.69, 9.17) is 4.52 Å². The van der Waals surface area contributed by atoms with Crippen LogP contribution in [0.4, 0.5) is 10.5 Å². The summed E-state index contributed by atoms with van der Waals surface area (Å²) in [6, 6.07) is 6.90. The van der Waals surface area contributed by atoms with Crippen LogP contribution in [0.1, 0.15) is 29.8 Å². The smallest absolute Gasteiger partial charge is 0.322 e. The van der Waals surface area contributed by atoms with Crippen molar-refractivity contribution in [3.05, 3.63) is 57.5 Å². The summed E-state index contributed by atoms with van der Waals surface area (Å²) in [6.07, 6.45) is 0.683. The summed E-state index contributed by atoms with van der Waals surface area (Å²) in [6.45, 7) is 4.27. The fraction of sp³-hybridized carbons (Fsp3) is 0.316. The fourth-order valence-corrected chi connectivity index (χ4v) is 3.12. The number of hydrogen-bond donors (Lipinski definition) is 1. The number of anilines is 1. The van der Waals surface area contributed by atoms with Gasteiger partial charge in [0.1, 0.15) is 5.82 Å². The van der Waals surface area contributed by atoms with Crippen molar-refractivity contribution < 1.29 is 9.32 Å². The predicted molar refractivity (Wildman–Crippen MR) is 102 cm³/mol. The number of fused-ring (bicyclic) bond motifs is 1. The van der Waals surface area contributed by atoms with Gasteiger partial charge in [-0.15, -0.1) is 0 Å². The molecule has 0 fully saturated rings. The SMILES string of the molecule is CCc1noc(-c2cccc(NC(=O)N3Cc4nc(C)n(C)c(=O)c4C3)c2)n1. The quantitative estimate of drug-likeness (QED) is 0.747. The van der Waals surface area contributed by atoms with Crippen molar-refractivity contribution in [2.45, 2.75) is 33.4 Å². The van der Waals surface area contributed by atoms with E-state index < -0.39 is 0 Å². The van der Waals surface area contributed by atoms with Crippen molar-refractivity contribution in [2.24, 2.45) is 7.05 Å². The number of amides is 2. The van der Waals surface area contributed by atoms with Gasteiger partial charge in [0, 0.05) is 24.7 Å².